The van der Waals surface area contributed by atoms with E-state index in [1.165, 1.54) is 18.2 Å². The number of nitrogens with one attached hydrogen (secondary N) is 2. The Morgan fingerprint density at radius 1 is 0.941 bits per heavy atom. The lowest BCUT2D eigenvalue weighted by molar-refractivity contribution is 0.416. The molecular weight excluding hydrogens is 491 g/mol. The molecule has 0 amide bonds. The molecule has 2 N–H and O–H groups in total. The average molecular weight is 514 g/mol. The summed E-state index contributed by atoms with van der Waals surface area (Å²) in [6.45, 7) is 1.30. The van der Waals surface area contributed by atoms with Crippen molar-refractivity contribution in [3.63, 3.8) is 0 Å². The van der Waals surface area contributed by atoms with Crippen LogP contribution in [0.5, 0.6) is 0 Å². The Morgan fingerprint density at radius 2 is 1.65 bits per heavy atom. The van der Waals surface area contributed by atoms with Crippen molar-refractivity contribution >= 4 is 44.5 Å². The summed E-state index contributed by atoms with van der Waals surface area (Å²) in [5.41, 5.74) is 1.05. The van der Waals surface area contributed by atoms with Crippen molar-refractivity contribution < 1.29 is 21.6 Å². The summed E-state index contributed by atoms with van der Waals surface area (Å²) in [5, 5.41) is 2.87. The summed E-state index contributed by atoms with van der Waals surface area (Å²) in [7, 11) is 1.22. The molecule has 0 fully saturated rings. The molecule has 7 nitrogen and oxygen atoms in total. The van der Waals surface area contributed by atoms with E-state index in [4.69, 9.17) is 11.6 Å². The van der Waals surface area contributed by atoms with Gasteiger partial charge in [0.15, 0.2) is 0 Å². The van der Waals surface area contributed by atoms with Gasteiger partial charge in [0.25, 0.3) is 10.0 Å². The van der Waals surface area contributed by atoms with Crippen molar-refractivity contribution in [3.8, 4) is 0 Å². The Balaban J connectivity index is 1.89. The van der Waals surface area contributed by atoms with Crippen molar-refractivity contribution in [2.45, 2.75) is 4.90 Å². The maximum absolute atomic E-state index is 14.9. The number of aromatic nitrogens is 1. The number of benzene rings is 2. The number of nitrogens with zero attached hydrogens (tertiary/aromatic N) is 3. The molecule has 12 heteroatoms. The normalized spacial score (nSPS) is 11.5. The molecule has 0 bridgehead atoms. The van der Waals surface area contributed by atoms with Crippen molar-refractivity contribution in [2.75, 3.05) is 49.2 Å². The van der Waals surface area contributed by atoms with Crippen LogP contribution in [0, 0.1) is 17.5 Å². The van der Waals surface area contributed by atoms with Crippen LogP contribution in [0.3, 0.4) is 0 Å². The Morgan fingerprint density at radius 3 is 2.29 bits per heavy atom. The van der Waals surface area contributed by atoms with Gasteiger partial charge < -0.3 is 15.1 Å². The minimum atomic E-state index is -4.40. The fraction of sp³-hybridized carbons (Fsp3) is 0.227. The maximum atomic E-state index is 14.9. The molecule has 0 saturated heterocycles. The van der Waals surface area contributed by atoms with Gasteiger partial charge in [-0.25, -0.2) is 26.6 Å². The molecule has 0 aliphatic heterocycles. The molecule has 0 aliphatic carbocycles. The van der Waals surface area contributed by atoms with E-state index in [0.29, 0.717) is 24.5 Å². The minimum Gasteiger partial charge on any atom is -0.372 e. The molecule has 1 aromatic heterocycles. The molecule has 0 spiro atoms. The van der Waals surface area contributed by atoms with Crippen molar-refractivity contribution in [1.82, 2.24) is 9.88 Å². The minimum absolute atomic E-state index is 0.0833. The van der Waals surface area contributed by atoms with Crippen LogP contribution in [-0.2, 0) is 10.0 Å². The lowest BCUT2D eigenvalue weighted by atomic mass is 10.2. The van der Waals surface area contributed by atoms with Gasteiger partial charge in [-0.3, -0.25) is 4.72 Å². The second-order valence-electron chi connectivity index (χ2n) is 7.74. The highest BCUT2D eigenvalue weighted by Gasteiger charge is 2.23. The van der Waals surface area contributed by atoms with Gasteiger partial charge >= 0.3 is 0 Å². The Kier molecular flexibility index (Phi) is 7.90. The summed E-state index contributed by atoms with van der Waals surface area (Å²) < 4.78 is 69.1. The third-order valence-corrected chi connectivity index (χ3v) is 6.48. The van der Waals surface area contributed by atoms with E-state index in [1.807, 2.05) is 23.9 Å². The summed E-state index contributed by atoms with van der Waals surface area (Å²) in [5.74, 6) is -2.36. The van der Waals surface area contributed by atoms with Crippen LogP contribution in [-0.4, -0.2) is 52.5 Å². The van der Waals surface area contributed by atoms with Crippen LogP contribution in [0.25, 0.3) is 0 Å². The largest absolute Gasteiger partial charge is 0.372 e. The van der Waals surface area contributed by atoms with E-state index >= 15 is 0 Å². The quantitative estimate of drug-likeness (QED) is 0.432. The molecule has 0 radical (unpaired) electrons. The van der Waals surface area contributed by atoms with Gasteiger partial charge in [-0.2, -0.15) is 0 Å². The lowest BCUT2D eigenvalue weighted by Crippen LogP contribution is -2.29. The first-order chi connectivity index (χ1) is 16.0. The van der Waals surface area contributed by atoms with Gasteiger partial charge in [0.1, 0.15) is 28.2 Å². The van der Waals surface area contributed by atoms with Crippen LogP contribution in [0.1, 0.15) is 0 Å². The number of anilines is 4. The van der Waals surface area contributed by atoms with Crippen LogP contribution >= 0.6 is 11.6 Å². The van der Waals surface area contributed by atoms with Crippen LogP contribution in [0.4, 0.5) is 36.1 Å². The number of likely N-dealkylation sites (N-methyl/N-ethyl adjacent to an activating group) is 2. The zero-order valence-electron chi connectivity index (χ0n) is 18.6. The Hall–Kier alpha value is -3.02. The fourth-order valence-electron chi connectivity index (χ4n) is 3.00. The maximum Gasteiger partial charge on any atom is 0.266 e. The van der Waals surface area contributed by atoms with E-state index in [1.54, 1.807) is 7.05 Å². The molecule has 34 heavy (non-hydrogen) atoms. The van der Waals surface area contributed by atoms with Gasteiger partial charge in [0.2, 0.25) is 0 Å². The smallest absolute Gasteiger partial charge is 0.266 e. The zero-order valence-corrected chi connectivity index (χ0v) is 20.2. The number of hydrogen-bond donors (Lipinski definition) is 2. The number of rotatable bonds is 9. The molecule has 0 unspecified atom stereocenters. The molecule has 3 rings (SSSR count). The standard InChI is InChI=1S/C22H23ClF3N5O2S/c1-30(2)8-9-31(3)20-10-14(24)4-6-18(20)28-19-12-17(26)21(11-16(19)23)34(32,33)29-22-7-5-15(25)13-27-22/h4-7,10-13,28H,8-9H2,1-3H3,(H,27,29). The number of pyridine rings is 1. The number of hydrogen-bond acceptors (Lipinski definition) is 6. The highest BCUT2D eigenvalue weighted by molar-refractivity contribution is 7.92. The van der Waals surface area contributed by atoms with E-state index in [-0.39, 0.29) is 16.5 Å². The first-order valence-corrected chi connectivity index (χ1v) is 11.9. The van der Waals surface area contributed by atoms with Gasteiger partial charge in [-0.1, -0.05) is 11.6 Å². The molecule has 182 valence electrons. The topological polar surface area (TPSA) is 77.6 Å². The van der Waals surface area contributed by atoms with Crippen LogP contribution < -0.4 is 14.9 Å². The monoisotopic (exact) mass is 513 g/mol. The second-order valence-corrected chi connectivity index (χ2v) is 9.80. The van der Waals surface area contributed by atoms with E-state index < -0.39 is 32.4 Å². The van der Waals surface area contributed by atoms with E-state index in [2.05, 4.69) is 15.0 Å². The molecule has 3 aromatic rings. The Bertz CT molecular complexity index is 1270. The predicted molar refractivity (Wildman–Crippen MR) is 128 cm³/mol. The first kappa shape index (κ1) is 25.6. The van der Waals surface area contributed by atoms with Crippen molar-refractivity contribution in [3.05, 3.63) is 71.1 Å². The molecule has 2 aromatic carbocycles. The highest BCUT2D eigenvalue weighted by atomic mass is 35.5. The van der Waals surface area contributed by atoms with Gasteiger partial charge in [-0.05, 0) is 50.5 Å². The Labute approximate surface area is 201 Å². The molecule has 0 saturated carbocycles. The predicted octanol–water partition coefficient (Wildman–Crippen LogP) is 4.69. The average Bonchev–Trinajstić information content (AvgIpc) is 2.76. The van der Waals surface area contributed by atoms with Crippen LogP contribution in [0.2, 0.25) is 5.02 Å². The molecule has 1 heterocycles. The van der Waals surface area contributed by atoms with Crippen LogP contribution in [0.15, 0.2) is 53.6 Å². The summed E-state index contributed by atoms with van der Waals surface area (Å²) in [6, 6.07) is 8.06. The van der Waals surface area contributed by atoms with E-state index in [0.717, 1.165) is 30.5 Å². The number of halogens is 4. The lowest BCUT2D eigenvalue weighted by Gasteiger charge is -2.25. The number of sulfonamides is 1. The van der Waals surface area contributed by atoms with Gasteiger partial charge in [0.05, 0.1) is 28.3 Å². The second kappa shape index (κ2) is 10.5. The summed E-state index contributed by atoms with van der Waals surface area (Å²) in [6.07, 6.45) is 0.823. The third-order valence-electron chi connectivity index (χ3n) is 4.80. The molecule has 0 aliphatic rings. The van der Waals surface area contributed by atoms with Gasteiger partial charge in [-0.15, -0.1) is 0 Å². The van der Waals surface area contributed by atoms with Crippen molar-refractivity contribution in [2.24, 2.45) is 0 Å². The fourth-order valence-corrected chi connectivity index (χ4v) is 4.37. The highest BCUT2D eigenvalue weighted by Crippen LogP contribution is 2.34. The van der Waals surface area contributed by atoms with E-state index in [9.17, 15) is 21.6 Å². The zero-order chi connectivity index (χ0) is 25.0. The van der Waals surface area contributed by atoms with Gasteiger partial charge in [0, 0.05) is 26.2 Å². The molecule has 0 atom stereocenters. The third kappa shape index (κ3) is 6.31. The van der Waals surface area contributed by atoms with Crippen molar-refractivity contribution in [1.29, 1.82) is 0 Å². The summed E-state index contributed by atoms with van der Waals surface area (Å²) in [4.78, 5) is 6.69. The molecular formula is C22H23ClF3N5O2S. The summed E-state index contributed by atoms with van der Waals surface area (Å²) >= 11 is 6.27. The SMILES string of the molecule is CN(C)CCN(C)c1cc(F)ccc1Nc1cc(F)c(S(=O)(=O)Nc2ccc(F)cn2)cc1Cl. The first-order valence-electron chi connectivity index (χ1n) is 10.0.